The molecule has 0 aliphatic heterocycles. The van der Waals surface area contributed by atoms with Crippen LogP contribution in [0.15, 0.2) is 30.3 Å². The van der Waals surface area contributed by atoms with Crippen LogP contribution in [0.25, 0.3) is 0 Å². The Morgan fingerprint density at radius 1 is 1.11 bits per heavy atom. The van der Waals surface area contributed by atoms with Gasteiger partial charge in [-0.1, -0.05) is 37.3 Å². The molecule has 0 amide bonds. The van der Waals surface area contributed by atoms with Crippen molar-refractivity contribution in [2.24, 2.45) is 11.7 Å². The molecule has 0 aromatic heterocycles. The number of hydrogen-bond acceptors (Lipinski definition) is 2. The molecule has 1 aliphatic rings. The highest BCUT2D eigenvalue weighted by Gasteiger charge is 2.20. The molecule has 0 radical (unpaired) electrons. The summed E-state index contributed by atoms with van der Waals surface area (Å²) in [5.74, 6) is 0.855. The maximum absolute atomic E-state index is 5.97. The first-order valence-electron chi connectivity index (χ1n) is 7.29. The van der Waals surface area contributed by atoms with Gasteiger partial charge >= 0.3 is 0 Å². The Morgan fingerprint density at radius 2 is 1.78 bits per heavy atom. The molecule has 0 bridgehead atoms. The standard InChI is InChI=1S/C16H26N2/c1-2-18(12-14-6-4-3-5-7-14)13-15-8-10-16(17)11-9-15/h3-7,15-16H,2,8-13,17H2,1H3. The number of hydrogen-bond donors (Lipinski definition) is 1. The number of nitrogens with zero attached hydrogens (tertiary/aromatic N) is 1. The molecule has 0 unspecified atom stereocenters. The van der Waals surface area contributed by atoms with Crippen molar-refractivity contribution in [3.63, 3.8) is 0 Å². The lowest BCUT2D eigenvalue weighted by atomic mass is 9.86. The molecule has 18 heavy (non-hydrogen) atoms. The third kappa shape index (κ3) is 4.11. The van der Waals surface area contributed by atoms with Crippen molar-refractivity contribution in [3.8, 4) is 0 Å². The highest BCUT2D eigenvalue weighted by Crippen LogP contribution is 2.24. The van der Waals surface area contributed by atoms with Gasteiger partial charge in [0.05, 0.1) is 0 Å². The zero-order valence-corrected chi connectivity index (χ0v) is 11.5. The minimum Gasteiger partial charge on any atom is -0.328 e. The van der Waals surface area contributed by atoms with Gasteiger partial charge in [0, 0.05) is 19.1 Å². The summed E-state index contributed by atoms with van der Waals surface area (Å²) >= 11 is 0. The van der Waals surface area contributed by atoms with E-state index in [0.717, 1.165) is 19.0 Å². The fraction of sp³-hybridized carbons (Fsp3) is 0.625. The summed E-state index contributed by atoms with van der Waals surface area (Å²) < 4.78 is 0. The molecule has 1 fully saturated rings. The van der Waals surface area contributed by atoms with E-state index in [1.54, 1.807) is 0 Å². The highest BCUT2D eigenvalue weighted by molar-refractivity contribution is 5.14. The van der Waals surface area contributed by atoms with Gasteiger partial charge in [-0.25, -0.2) is 0 Å². The van der Waals surface area contributed by atoms with Crippen molar-refractivity contribution in [1.82, 2.24) is 4.90 Å². The summed E-state index contributed by atoms with van der Waals surface area (Å²) in [4.78, 5) is 2.57. The third-order valence-corrected chi connectivity index (χ3v) is 4.10. The molecule has 1 aliphatic carbocycles. The molecule has 2 rings (SSSR count). The van der Waals surface area contributed by atoms with Gasteiger partial charge in [0.15, 0.2) is 0 Å². The molecule has 0 saturated heterocycles. The minimum atomic E-state index is 0.463. The van der Waals surface area contributed by atoms with Crippen molar-refractivity contribution < 1.29 is 0 Å². The summed E-state index contributed by atoms with van der Waals surface area (Å²) in [5, 5.41) is 0. The van der Waals surface area contributed by atoms with Crippen LogP contribution in [0, 0.1) is 5.92 Å². The quantitative estimate of drug-likeness (QED) is 0.865. The smallest absolute Gasteiger partial charge is 0.0233 e. The summed E-state index contributed by atoms with van der Waals surface area (Å²) in [6.07, 6.45) is 5.06. The molecule has 0 atom stereocenters. The topological polar surface area (TPSA) is 29.3 Å². The fourth-order valence-electron chi connectivity index (χ4n) is 2.88. The fourth-order valence-corrected chi connectivity index (χ4v) is 2.88. The largest absolute Gasteiger partial charge is 0.328 e. The first-order chi connectivity index (χ1) is 8.78. The lowest BCUT2D eigenvalue weighted by Gasteiger charge is -2.31. The van der Waals surface area contributed by atoms with Crippen LogP contribution >= 0.6 is 0 Å². The van der Waals surface area contributed by atoms with Crippen molar-refractivity contribution in [2.75, 3.05) is 13.1 Å². The monoisotopic (exact) mass is 246 g/mol. The molecule has 100 valence electrons. The van der Waals surface area contributed by atoms with E-state index in [0.29, 0.717) is 6.04 Å². The van der Waals surface area contributed by atoms with E-state index in [1.165, 1.54) is 37.8 Å². The second-order valence-corrected chi connectivity index (χ2v) is 5.59. The van der Waals surface area contributed by atoms with Crippen LogP contribution in [0.3, 0.4) is 0 Å². The summed E-state index contributed by atoms with van der Waals surface area (Å²) in [7, 11) is 0. The predicted molar refractivity (Wildman–Crippen MR) is 77.3 cm³/mol. The predicted octanol–water partition coefficient (Wildman–Crippen LogP) is 3.03. The minimum absolute atomic E-state index is 0.463. The van der Waals surface area contributed by atoms with Crippen LogP contribution in [0.5, 0.6) is 0 Å². The number of nitrogens with two attached hydrogens (primary N) is 1. The molecular formula is C16H26N2. The lowest BCUT2D eigenvalue weighted by Crippen LogP contribution is -2.34. The van der Waals surface area contributed by atoms with E-state index < -0.39 is 0 Å². The Hall–Kier alpha value is -0.860. The molecule has 0 heterocycles. The molecule has 1 aromatic carbocycles. The van der Waals surface area contributed by atoms with Crippen LogP contribution in [-0.2, 0) is 6.54 Å². The van der Waals surface area contributed by atoms with Crippen LogP contribution < -0.4 is 5.73 Å². The Bertz CT molecular complexity index is 328. The van der Waals surface area contributed by atoms with Crippen LogP contribution in [0.1, 0.15) is 38.2 Å². The normalized spacial score (nSPS) is 24.4. The first kappa shape index (κ1) is 13.6. The Balaban J connectivity index is 1.82. The summed E-state index contributed by atoms with van der Waals surface area (Å²) in [5.41, 5.74) is 7.39. The summed E-state index contributed by atoms with van der Waals surface area (Å²) in [6.45, 7) is 5.72. The Morgan fingerprint density at radius 3 is 2.39 bits per heavy atom. The second kappa shape index (κ2) is 6.91. The van der Waals surface area contributed by atoms with Gasteiger partial charge in [0.25, 0.3) is 0 Å². The number of rotatable bonds is 5. The lowest BCUT2D eigenvalue weighted by molar-refractivity contribution is 0.195. The van der Waals surface area contributed by atoms with Crippen LogP contribution in [0.4, 0.5) is 0 Å². The van der Waals surface area contributed by atoms with E-state index in [4.69, 9.17) is 5.73 Å². The van der Waals surface area contributed by atoms with Crippen LogP contribution in [0.2, 0.25) is 0 Å². The van der Waals surface area contributed by atoms with E-state index in [9.17, 15) is 0 Å². The average Bonchev–Trinajstić information content (AvgIpc) is 2.41. The molecule has 2 nitrogen and oxygen atoms in total. The maximum atomic E-state index is 5.97. The number of benzene rings is 1. The zero-order chi connectivity index (χ0) is 12.8. The van der Waals surface area contributed by atoms with E-state index in [2.05, 4.69) is 42.2 Å². The van der Waals surface area contributed by atoms with Gasteiger partial charge in [-0.3, -0.25) is 4.90 Å². The summed E-state index contributed by atoms with van der Waals surface area (Å²) in [6, 6.07) is 11.2. The highest BCUT2D eigenvalue weighted by atomic mass is 15.1. The molecular weight excluding hydrogens is 220 g/mol. The van der Waals surface area contributed by atoms with Gasteiger partial charge in [0.1, 0.15) is 0 Å². The van der Waals surface area contributed by atoms with Gasteiger partial charge in [-0.15, -0.1) is 0 Å². The van der Waals surface area contributed by atoms with E-state index >= 15 is 0 Å². The molecule has 0 spiro atoms. The molecule has 1 aromatic rings. The van der Waals surface area contributed by atoms with Gasteiger partial charge < -0.3 is 5.73 Å². The van der Waals surface area contributed by atoms with Crippen molar-refractivity contribution in [3.05, 3.63) is 35.9 Å². The van der Waals surface area contributed by atoms with Crippen LogP contribution in [-0.4, -0.2) is 24.0 Å². The maximum Gasteiger partial charge on any atom is 0.0233 e. The molecule has 2 heteroatoms. The first-order valence-corrected chi connectivity index (χ1v) is 7.29. The zero-order valence-electron chi connectivity index (χ0n) is 11.5. The van der Waals surface area contributed by atoms with E-state index in [1.807, 2.05) is 0 Å². The van der Waals surface area contributed by atoms with Gasteiger partial charge in [-0.05, 0) is 43.7 Å². The average molecular weight is 246 g/mol. The SMILES string of the molecule is CCN(Cc1ccccc1)CC1CCC(N)CC1. The Labute approximate surface area is 111 Å². The Kier molecular flexibility index (Phi) is 5.21. The molecule has 1 saturated carbocycles. The second-order valence-electron chi connectivity index (χ2n) is 5.59. The third-order valence-electron chi connectivity index (χ3n) is 4.10. The van der Waals surface area contributed by atoms with Crippen molar-refractivity contribution in [1.29, 1.82) is 0 Å². The van der Waals surface area contributed by atoms with Gasteiger partial charge in [-0.2, -0.15) is 0 Å². The van der Waals surface area contributed by atoms with Crippen molar-refractivity contribution in [2.45, 2.75) is 45.2 Å². The van der Waals surface area contributed by atoms with Crippen molar-refractivity contribution >= 4 is 0 Å². The molecule has 2 N–H and O–H groups in total. The van der Waals surface area contributed by atoms with Gasteiger partial charge in [0.2, 0.25) is 0 Å². The van der Waals surface area contributed by atoms with E-state index in [-0.39, 0.29) is 0 Å².